The third-order valence-corrected chi connectivity index (χ3v) is 5.08. The molecule has 0 atom stereocenters. The summed E-state index contributed by atoms with van der Waals surface area (Å²) < 4.78 is 0. The summed E-state index contributed by atoms with van der Waals surface area (Å²) in [5, 5.41) is 16.8. The Hall–Kier alpha value is -3.12. The lowest BCUT2D eigenvalue weighted by Gasteiger charge is -2.34. The van der Waals surface area contributed by atoms with Gasteiger partial charge in [-0.25, -0.2) is 0 Å². The number of fused-ring (bicyclic) bond motifs is 1. The maximum Gasteiger partial charge on any atom is 0.292 e. The fourth-order valence-electron chi connectivity index (χ4n) is 3.55. The van der Waals surface area contributed by atoms with Crippen LogP contribution < -0.4 is 10.2 Å². The highest BCUT2D eigenvalue weighted by atomic mass is 16.6. The number of nitro benzene ring substituents is 1. The Kier molecular flexibility index (Phi) is 4.64. The Bertz CT molecular complexity index is 981. The predicted molar refractivity (Wildman–Crippen MR) is 110 cm³/mol. The Morgan fingerprint density at radius 3 is 2.52 bits per heavy atom. The van der Waals surface area contributed by atoms with Gasteiger partial charge in [0.1, 0.15) is 5.69 Å². The van der Waals surface area contributed by atoms with Crippen LogP contribution in [-0.2, 0) is 0 Å². The first-order valence-electron chi connectivity index (χ1n) is 9.08. The van der Waals surface area contributed by atoms with Gasteiger partial charge in [-0.3, -0.25) is 10.1 Å². The minimum absolute atomic E-state index is 0.0740. The number of nitrogens with one attached hydrogen (secondary N) is 1. The summed E-state index contributed by atoms with van der Waals surface area (Å²) in [6, 6.07) is 19.2. The van der Waals surface area contributed by atoms with E-state index < -0.39 is 0 Å². The number of piperazine rings is 1. The molecule has 138 valence electrons. The average Bonchev–Trinajstić information content (AvgIpc) is 2.68. The summed E-state index contributed by atoms with van der Waals surface area (Å²) in [5.41, 5.74) is 2.63. The van der Waals surface area contributed by atoms with Crippen LogP contribution in [0, 0.1) is 10.1 Å². The van der Waals surface area contributed by atoms with Gasteiger partial charge in [0.05, 0.1) is 4.92 Å². The van der Waals surface area contributed by atoms with Gasteiger partial charge in [0.2, 0.25) is 0 Å². The van der Waals surface area contributed by atoms with Gasteiger partial charge in [-0.2, -0.15) is 0 Å². The van der Waals surface area contributed by atoms with E-state index in [4.69, 9.17) is 0 Å². The average molecular weight is 362 g/mol. The summed E-state index contributed by atoms with van der Waals surface area (Å²) >= 11 is 0. The molecule has 6 heteroatoms. The van der Waals surface area contributed by atoms with Crippen LogP contribution in [0.25, 0.3) is 10.8 Å². The molecule has 0 aliphatic carbocycles. The topological polar surface area (TPSA) is 61.6 Å². The molecule has 1 aliphatic heterocycles. The van der Waals surface area contributed by atoms with Crippen molar-refractivity contribution in [3.63, 3.8) is 0 Å². The summed E-state index contributed by atoms with van der Waals surface area (Å²) in [6.45, 7) is 4.09. The number of hydrogen-bond donors (Lipinski definition) is 1. The van der Waals surface area contributed by atoms with E-state index in [9.17, 15) is 10.1 Å². The van der Waals surface area contributed by atoms with E-state index in [1.54, 1.807) is 18.2 Å². The predicted octanol–water partition coefficient (Wildman–Crippen LogP) is 4.24. The van der Waals surface area contributed by atoms with Gasteiger partial charge >= 0.3 is 0 Å². The molecule has 0 radical (unpaired) electrons. The summed E-state index contributed by atoms with van der Waals surface area (Å²) in [7, 11) is 2.15. The van der Waals surface area contributed by atoms with E-state index in [0.717, 1.165) is 37.3 Å². The Labute approximate surface area is 158 Å². The Morgan fingerprint density at radius 1 is 0.963 bits per heavy atom. The van der Waals surface area contributed by atoms with Crippen molar-refractivity contribution < 1.29 is 4.92 Å². The second-order valence-corrected chi connectivity index (χ2v) is 6.90. The Morgan fingerprint density at radius 2 is 1.74 bits per heavy atom. The third-order valence-electron chi connectivity index (χ3n) is 5.08. The van der Waals surface area contributed by atoms with E-state index in [1.807, 2.05) is 6.07 Å². The molecule has 0 saturated carbocycles. The molecule has 1 saturated heterocycles. The lowest BCUT2D eigenvalue weighted by atomic mass is 10.1. The molecule has 3 aromatic carbocycles. The van der Waals surface area contributed by atoms with Crippen molar-refractivity contribution in [1.82, 2.24) is 4.90 Å². The van der Waals surface area contributed by atoms with Crippen LogP contribution >= 0.6 is 0 Å². The number of benzene rings is 3. The first-order valence-corrected chi connectivity index (χ1v) is 9.08. The molecule has 0 spiro atoms. The van der Waals surface area contributed by atoms with Crippen LogP contribution in [0.3, 0.4) is 0 Å². The van der Waals surface area contributed by atoms with Crippen LogP contribution in [-0.4, -0.2) is 43.0 Å². The zero-order chi connectivity index (χ0) is 18.8. The number of hydrogen-bond acceptors (Lipinski definition) is 5. The largest absolute Gasteiger partial charge is 0.368 e. The first kappa shape index (κ1) is 17.3. The molecular weight excluding hydrogens is 340 g/mol. The quantitative estimate of drug-likeness (QED) is 0.555. The van der Waals surface area contributed by atoms with E-state index in [0.29, 0.717) is 5.69 Å². The van der Waals surface area contributed by atoms with Crippen LogP contribution in [0.5, 0.6) is 0 Å². The molecular formula is C21H22N4O2. The molecule has 0 aromatic heterocycles. The number of nitro groups is 1. The molecule has 1 aliphatic rings. The van der Waals surface area contributed by atoms with Gasteiger partial charge in [0, 0.05) is 49.0 Å². The fourth-order valence-corrected chi connectivity index (χ4v) is 3.55. The van der Waals surface area contributed by atoms with Crippen molar-refractivity contribution in [2.24, 2.45) is 0 Å². The highest BCUT2D eigenvalue weighted by Gasteiger charge is 2.17. The fraction of sp³-hybridized carbons (Fsp3) is 0.238. The van der Waals surface area contributed by atoms with Gasteiger partial charge in [-0.1, -0.05) is 30.3 Å². The molecule has 1 fully saturated rings. The van der Waals surface area contributed by atoms with E-state index in [-0.39, 0.29) is 10.6 Å². The SMILES string of the molecule is CN1CCN(c2cccc3ccc(Nc4ccccc4[N+](=O)[O-])cc23)CC1. The van der Waals surface area contributed by atoms with Crippen molar-refractivity contribution in [3.8, 4) is 0 Å². The van der Waals surface area contributed by atoms with Crippen molar-refractivity contribution in [2.45, 2.75) is 0 Å². The number of rotatable bonds is 4. The molecule has 0 bridgehead atoms. The normalized spacial score (nSPS) is 15.1. The van der Waals surface area contributed by atoms with Crippen LogP contribution in [0.15, 0.2) is 60.7 Å². The zero-order valence-electron chi connectivity index (χ0n) is 15.3. The van der Waals surface area contributed by atoms with Crippen molar-refractivity contribution in [3.05, 3.63) is 70.8 Å². The van der Waals surface area contributed by atoms with Crippen LogP contribution in [0.1, 0.15) is 0 Å². The zero-order valence-corrected chi connectivity index (χ0v) is 15.3. The van der Waals surface area contributed by atoms with Crippen molar-refractivity contribution in [2.75, 3.05) is 43.4 Å². The second kappa shape index (κ2) is 7.25. The molecule has 27 heavy (non-hydrogen) atoms. The maximum atomic E-state index is 11.3. The highest BCUT2D eigenvalue weighted by molar-refractivity contribution is 5.97. The minimum Gasteiger partial charge on any atom is -0.368 e. The molecule has 1 heterocycles. The molecule has 6 nitrogen and oxygen atoms in total. The first-order chi connectivity index (χ1) is 13.1. The minimum atomic E-state index is -0.362. The third kappa shape index (κ3) is 3.57. The summed E-state index contributed by atoms with van der Waals surface area (Å²) in [6.07, 6.45) is 0. The smallest absolute Gasteiger partial charge is 0.292 e. The Balaban J connectivity index is 1.70. The van der Waals surface area contributed by atoms with Crippen molar-refractivity contribution in [1.29, 1.82) is 0 Å². The summed E-state index contributed by atoms with van der Waals surface area (Å²) in [4.78, 5) is 15.7. The molecule has 1 N–H and O–H groups in total. The molecule has 0 amide bonds. The van der Waals surface area contributed by atoms with Gasteiger partial charge in [-0.05, 0) is 36.7 Å². The van der Waals surface area contributed by atoms with E-state index >= 15 is 0 Å². The standard InChI is InChI=1S/C21H22N4O2/c1-23-11-13-24(14-12-23)20-8-4-5-16-9-10-17(15-18(16)20)22-19-6-2-3-7-21(19)25(26)27/h2-10,15,22H,11-14H2,1H3. The van der Waals surface area contributed by atoms with Crippen LogP contribution in [0.2, 0.25) is 0 Å². The van der Waals surface area contributed by atoms with E-state index in [2.05, 4.69) is 52.5 Å². The van der Waals surface area contributed by atoms with Gasteiger partial charge in [0.25, 0.3) is 5.69 Å². The maximum absolute atomic E-state index is 11.3. The lowest BCUT2D eigenvalue weighted by Crippen LogP contribution is -2.44. The monoisotopic (exact) mass is 362 g/mol. The van der Waals surface area contributed by atoms with Gasteiger partial charge in [0.15, 0.2) is 0 Å². The van der Waals surface area contributed by atoms with Crippen molar-refractivity contribution >= 4 is 33.5 Å². The lowest BCUT2D eigenvalue weighted by molar-refractivity contribution is -0.383. The number of nitrogens with zero attached hydrogens (tertiary/aromatic N) is 3. The van der Waals surface area contributed by atoms with Gasteiger partial charge in [-0.15, -0.1) is 0 Å². The second-order valence-electron chi connectivity index (χ2n) is 6.90. The molecule has 3 aromatic rings. The van der Waals surface area contributed by atoms with E-state index in [1.165, 1.54) is 17.1 Å². The number of likely N-dealkylation sites (N-methyl/N-ethyl adjacent to an activating group) is 1. The van der Waals surface area contributed by atoms with Crippen LogP contribution in [0.4, 0.5) is 22.7 Å². The number of anilines is 3. The summed E-state index contributed by atoms with van der Waals surface area (Å²) in [5.74, 6) is 0. The molecule has 0 unspecified atom stereocenters. The van der Waals surface area contributed by atoms with Gasteiger partial charge < -0.3 is 15.1 Å². The number of para-hydroxylation sites is 2. The highest BCUT2D eigenvalue weighted by Crippen LogP contribution is 2.32. The molecule has 4 rings (SSSR count).